The number of fused-ring (bicyclic) bond motifs is 1. The monoisotopic (exact) mass is 264 g/mol. The van der Waals surface area contributed by atoms with Crippen molar-refractivity contribution in [2.24, 2.45) is 0 Å². The summed E-state index contributed by atoms with van der Waals surface area (Å²) in [6, 6.07) is 10.2. The Morgan fingerprint density at radius 1 is 1.22 bits per heavy atom. The number of carbonyl (C=O) groups excluding carboxylic acids is 1. The zero-order valence-electron chi connectivity index (χ0n) is 10.4. The summed E-state index contributed by atoms with van der Waals surface area (Å²) in [5.74, 6) is 0.0622. The molecule has 3 nitrogen and oxygen atoms in total. The van der Waals surface area contributed by atoms with E-state index in [4.69, 9.17) is 0 Å². The van der Waals surface area contributed by atoms with Gasteiger partial charge in [-0.25, -0.2) is 0 Å². The summed E-state index contributed by atoms with van der Waals surface area (Å²) in [5, 5.41) is 5.21. The molecule has 0 saturated heterocycles. The van der Waals surface area contributed by atoms with Crippen LogP contribution in [0.1, 0.15) is 13.3 Å². The Balaban J connectivity index is 0.00000162. The third kappa shape index (κ3) is 3.70. The molecule has 4 heteroatoms. The van der Waals surface area contributed by atoms with E-state index in [0.717, 1.165) is 18.4 Å². The number of aromatic nitrogens is 1. The highest BCUT2D eigenvalue weighted by molar-refractivity contribution is 5.80. The molecule has 0 unspecified atom stereocenters. The molecule has 0 aliphatic heterocycles. The van der Waals surface area contributed by atoms with Crippen molar-refractivity contribution < 1.29 is 21.8 Å². The van der Waals surface area contributed by atoms with E-state index >= 15 is 0 Å². The molecular formula is C14H17ClN2O. The molecule has 0 aliphatic rings. The number of hydrogen-bond acceptors (Lipinski definition) is 1. The maximum atomic E-state index is 11.6. The molecule has 0 saturated carbocycles. The molecule has 0 atom stereocenters. The largest absolute Gasteiger partial charge is 1.00 e. The minimum atomic E-state index is 0. The van der Waals surface area contributed by atoms with Gasteiger partial charge in [-0.05, 0) is 17.9 Å². The lowest BCUT2D eigenvalue weighted by molar-refractivity contribution is -0.683. The van der Waals surface area contributed by atoms with Crippen LogP contribution in [-0.2, 0) is 11.3 Å². The third-order valence-electron chi connectivity index (χ3n) is 2.64. The average molecular weight is 265 g/mol. The normalized spacial score (nSPS) is 9.83. The maximum Gasteiger partial charge on any atom is 0.285 e. The molecule has 96 valence electrons. The molecule has 18 heavy (non-hydrogen) atoms. The molecule has 0 spiro atoms. The fraction of sp³-hybridized carbons (Fsp3) is 0.286. The number of nitrogens with zero attached hydrogens (tertiary/aromatic N) is 1. The molecule has 2 rings (SSSR count). The quantitative estimate of drug-likeness (QED) is 0.682. The van der Waals surface area contributed by atoms with Gasteiger partial charge in [0.15, 0.2) is 12.4 Å². The van der Waals surface area contributed by atoms with Gasteiger partial charge >= 0.3 is 0 Å². The van der Waals surface area contributed by atoms with E-state index in [9.17, 15) is 4.79 Å². The predicted molar refractivity (Wildman–Crippen MR) is 67.4 cm³/mol. The van der Waals surface area contributed by atoms with Gasteiger partial charge in [-0.15, -0.1) is 0 Å². The fourth-order valence-corrected chi connectivity index (χ4v) is 1.76. The number of carbonyl (C=O) groups is 1. The molecule has 0 fully saturated rings. The van der Waals surface area contributed by atoms with Gasteiger partial charge in [-0.2, -0.15) is 4.57 Å². The summed E-state index contributed by atoms with van der Waals surface area (Å²) >= 11 is 0. The smallest absolute Gasteiger partial charge is 0.285 e. The van der Waals surface area contributed by atoms with Gasteiger partial charge in [0.05, 0.1) is 0 Å². The molecule has 1 aromatic carbocycles. The van der Waals surface area contributed by atoms with Crippen LogP contribution in [0.25, 0.3) is 10.8 Å². The standard InChI is InChI=1S/C14H16N2O.ClH/c1-2-8-15-14(17)11-16-9-7-12-5-3-4-6-13(12)10-16;/h3-7,9-10H,2,8,11H2,1H3;1H. The minimum Gasteiger partial charge on any atom is -1.00 e. The van der Waals surface area contributed by atoms with Crippen LogP contribution in [0.5, 0.6) is 0 Å². The Labute approximate surface area is 113 Å². The van der Waals surface area contributed by atoms with Crippen LogP contribution >= 0.6 is 0 Å². The van der Waals surface area contributed by atoms with Crippen LogP contribution in [0.15, 0.2) is 42.7 Å². The second-order valence-electron chi connectivity index (χ2n) is 4.10. The first kappa shape index (κ1) is 14.5. The summed E-state index contributed by atoms with van der Waals surface area (Å²) in [7, 11) is 0. The lowest BCUT2D eigenvalue weighted by Gasteiger charge is -2.01. The van der Waals surface area contributed by atoms with Gasteiger partial charge in [0.2, 0.25) is 6.54 Å². The summed E-state index contributed by atoms with van der Waals surface area (Å²) in [6.07, 6.45) is 4.91. The molecule has 1 heterocycles. The van der Waals surface area contributed by atoms with Crippen LogP contribution < -0.4 is 22.3 Å². The Bertz CT molecular complexity index is 528. The Morgan fingerprint density at radius 2 is 1.94 bits per heavy atom. The molecule has 0 radical (unpaired) electrons. The third-order valence-corrected chi connectivity index (χ3v) is 2.64. The van der Waals surface area contributed by atoms with Gasteiger partial charge in [-0.3, -0.25) is 4.79 Å². The van der Waals surface area contributed by atoms with Crippen molar-refractivity contribution >= 4 is 16.7 Å². The van der Waals surface area contributed by atoms with Crippen molar-refractivity contribution in [2.75, 3.05) is 6.54 Å². The summed E-state index contributed by atoms with van der Waals surface area (Å²) in [6.45, 7) is 3.17. The SMILES string of the molecule is CCCNC(=O)C[n+]1ccc2ccccc2c1.[Cl-]. The molecule has 0 aliphatic carbocycles. The first-order chi connectivity index (χ1) is 8.29. The molecule has 1 aromatic heterocycles. The first-order valence-corrected chi connectivity index (χ1v) is 5.94. The van der Waals surface area contributed by atoms with Gasteiger partial charge in [0.25, 0.3) is 5.91 Å². The number of rotatable bonds is 4. The number of hydrogen-bond donors (Lipinski definition) is 1. The zero-order chi connectivity index (χ0) is 12.1. The van der Waals surface area contributed by atoms with Crippen molar-refractivity contribution in [1.82, 2.24) is 5.32 Å². The van der Waals surface area contributed by atoms with E-state index in [0.29, 0.717) is 6.54 Å². The maximum absolute atomic E-state index is 11.6. The molecule has 1 N–H and O–H groups in total. The van der Waals surface area contributed by atoms with Crippen LogP contribution in [0.2, 0.25) is 0 Å². The van der Waals surface area contributed by atoms with E-state index in [1.165, 1.54) is 5.39 Å². The second kappa shape index (κ2) is 6.97. The van der Waals surface area contributed by atoms with Crippen LogP contribution in [0.3, 0.4) is 0 Å². The number of amides is 1. The first-order valence-electron chi connectivity index (χ1n) is 5.94. The summed E-state index contributed by atoms with van der Waals surface area (Å²) in [4.78, 5) is 11.6. The fourth-order valence-electron chi connectivity index (χ4n) is 1.76. The lowest BCUT2D eigenvalue weighted by Crippen LogP contribution is -3.00. The highest BCUT2D eigenvalue weighted by atomic mass is 35.5. The molecule has 1 amide bonds. The highest BCUT2D eigenvalue weighted by Crippen LogP contribution is 2.09. The van der Waals surface area contributed by atoms with Crippen LogP contribution in [-0.4, -0.2) is 12.5 Å². The minimum absolute atomic E-state index is 0. The van der Waals surface area contributed by atoms with Gasteiger partial charge in [-0.1, -0.05) is 25.1 Å². The summed E-state index contributed by atoms with van der Waals surface area (Å²) < 4.78 is 1.91. The van der Waals surface area contributed by atoms with Crippen LogP contribution in [0.4, 0.5) is 0 Å². The Kier molecular flexibility index (Phi) is 5.59. The van der Waals surface area contributed by atoms with E-state index in [2.05, 4.69) is 17.4 Å². The van der Waals surface area contributed by atoms with Gasteiger partial charge < -0.3 is 17.7 Å². The molecular weight excluding hydrogens is 248 g/mol. The van der Waals surface area contributed by atoms with Crippen molar-refractivity contribution in [3.63, 3.8) is 0 Å². The highest BCUT2D eigenvalue weighted by Gasteiger charge is 2.08. The van der Waals surface area contributed by atoms with Crippen LogP contribution in [0, 0.1) is 0 Å². The van der Waals surface area contributed by atoms with E-state index < -0.39 is 0 Å². The topological polar surface area (TPSA) is 33.0 Å². The molecule has 0 bridgehead atoms. The van der Waals surface area contributed by atoms with Crippen molar-refractivity contribution in [2.45, 2.75) is 19.9 Å². The average Bonchev–Trinajstić information content (AvgIpc) is 2.36. The zero-order valence-corrected chi connectivity index (χ0v) is 11.2. The van der Waals surface area contributed by atoms with E-state index in [-0.39, 0.29) is 18.3 Å². The summed E-state index contributed by atoms with van der Waals surface area (Å²) in [5.41, 5.74) is 0. The Hall–Kier alpha value is -1.61. The van der Waals surface area contributed by atoms with E-state index in [1.807, 2.05) is 42.1 Å². The van der Waals surface area contributed by atoms with Crippen molar-refractivity contribution in [3.8, 4) is 0 Å². The van der Waals surface area contributed by atoms with E-state index in [1.54, 1.807) is 0 Å². The predicted octanol–water partition coefficient (Wildman–Crippen LogP) is -1.34. The van der Waals surface area contributed by atoms with Crippen molar-refractivity contribution in [1.29, 1.82) is 0 Å². The second-order valence-corrected chi connectivity index (χ2v) is 4.10. The number of nitrogens with one attached hydrogen (secondary N) is 1. The van der Waals surface area contributed by atoms with Gasteiger partial charge in [0, 0.05) is 18.0 Å². The number of halogens is 1. The lowest BCUT2D eigenvalue weighted by atomic mass is 10.2. The van der Waals surface area contributed by atoms with Crippen molar-refractivity contribution in [3.05, 3.63) is 42.7 Å². The number of benzene rings is 1. The Morgan fingerprint density at radius 3 is 2.67 bits per heavy atom. The number of pyridine rings is 1. The van der Waals surface area contributed by atoms with Gasteiger partial charge in [0.1, 0.15) is 0 Å². The molecule has 2 aromatic rings.